The molecule has 3 aromatic carbocycles. The van der Waals surface area contributed by atoms with Crippen molar-refractivity contribution >= 4 is 27.3 Å². The number of benzene rings is 3. The Kier molecular flexibility index (Phi) is 8.00. The Balaban J connectivity index is 1.41. The zero-order valence-corrected chi connectivity index (χ0v) is 23.2. The summed E-state index contributed by atoms with van der Waals surface area (Å²) >= 11 is 6.14. The number of aliphatic hydroxyl groups is 1. The molecule has 3 aromatic rings. The van der Waals surface area contributed by atoms with Gasteiger partial charge in [0, 0.05) is 30.2 Å². The van der Waals surface area contributed by atoms with Crippen molar-refractivity contribution in [3.63, 3.8) is 0 Å². The predicted octanol–water partition coefficient (Wildman–Crippen LogP) is 5.84. The van der Waals surface area contributed by atoms with Gasteiger partial charge in [-0.3, -0.25) is 9.21 Å². The monoisotopic (exact) mass is 554 g/mol. The van der Waals surface area contributed by atoms with Crippen LogP contribution in [-0.4, -0.2) is 50.7 Å². The number of halogens is 1. The van der Waals surface area contributed by atoms with Crippen LogP contribution in [0, 0.1) is 0 Å². The summed E-state index contributed by atoms with van der Waals surface area (Å²) in [5.74, 6) is 0.605. The summed E-state index contributed by atoms with van der Waals surface area (Å²) in [5.41, 5.74) is 0.677. The molecule has 0 unspecified atom stereocenters. The van der Waals surface area contributed by atoms with E-state index in [2.05, 4.69) is 4.90 Å². The highest BCUT2D eigenvalue weighted by Crippen LogP contribution is 2.41. The van der Waals surface area contributed by atoms with Gasteiger partial charge in [0.1, 0.15) is 11.4 Å². The Hall–Kier alpha value is -2.58. The van der Waals surface area contributed by atoms with Crippen LogP contribution < -0.4 is 9.04 Å². The van der Waals surface area contributed by atoms with Gasteiger partial charge < -0.3 is 9.84 Å². The SMILES string of the molecule is COc1ccc(S(=O)(=O)N(c2ccc(Cl)cc2)C2CCN([C@@H]3CCCC[C@]3(O)c3ccccc3)CC2)cc1. The maximum Gasteiger partial charge on any atom is 0.264 e. The molecule has 1 saturated carbocycles. The van der Waals surface area contributed by atoms with E-state index in [0.29, 0.717) is 42.4 Å². The van der Waals surface area contributed by atoms with E-state index in [1.54, 1.807) is 59.9 Å². The van der Waals surface area contributed by atoms with E-state index in [0.717, 1.165) is 31.2 Å². The van der Waals surface area contributed by atoms with Crippen LogP contribution in [0.25, 0.3) is 0 Å². The van der Waals surface area contributed by atoms with Crippen LogP contribution in [0.3, 0.4) is 0 Å². The Morgan fingerprint density at radius 2 is 1.58 bits per heavy atom. The molecule has 0 radical (unpaired) electrons. The Labute approximate surface area is 230 Å². The first-order chi connectivity index (χ1) is 18.3. The molecule has 38 heavy (non-hydrogen) atoms. The first kappa shape index (κ1) is 27.0. The van der Waals surface area contributed by atoms with Crippen LogP contribution >= 0.6 is 11.6 Å². The molecule has 8 heteroatoms. The number of hydrogen-bond donors (Lipinski definition) is 1. The molecule has 202 valence electrons. The summed E-state index contributed by atoms with van der Waals surface area (Å²) in [6, 6.07) is 23.3. The van der Waals surface area contributed by atoms with Crippen LogP contribution in [-0.2, 0) is 15.6 Å². The lowest BCUT2D eigenvalue weighted by Crippen LogP contribution is -2.57. The topological polar surface area (TPSA) is 70.1 Å². The molecule has 2 aliphatic rings. The minimum Gasteiger partial charge on any atom is -0.497 e. The summed E-state index contributed by atoms with van der Waals surface area (Å²) in [7, 11) is -2.27. The molecular weight excluding hydrogens is 520 g/mol. The third kappa shape index (κ3) is 5.30. The van der Waals surface area contributed by atoms with Gasteiger partial charge in [0.2, 0.25) is 0 Å². The van der Waals surface area contributed by atoms with Gasteiger partial charge in [0.15, 0.2) is 0 Å². The molecule has 6 nitrogen and oxygen atoms in total. The highest BCUT2D eigenvalue weighted by molar-refractivity contribution is 7.92. The molecule has 0 bridgehead atoms. The average molecular weight is 555 g/mol. The van der Waals surface area contributed by atoms with E-state index >= 15 is 0 Å². The molecule has 1 N–H and O–H groups in total. The van der Waals surface area contributed by atoms with Gasteiger partial charge in [-0.25, -0.2) is 8.42 Å². The van der Waals surface area contributed by atoms with Gasteiger partial charge in [-0.15, -0.1) is 0 Å². The standard InChI is InChI=1S/C30H35ClN2O4S/c1-37-27-14-16-28(17-15-27)38(35,36)33(25-12-10-24(31)11-13-25)26-18-21-32(22-19-26)29-9-5-6-20-30(29,34)23-7-3-2-4-8-23/h2-4,7-8,10-17,26,29,34H,5-6,9,18-22H2,1H3/t29-,30+/m1/s1. The Morgan fingerprint density at radius 3 is 2.21 bits per heavy atom. The van der Waals surface area contributed by atoms with E-state index in [-0.39, 0.29) is 17.0 Å². The maximum absolute atomic E-state index is 14.0. The van der Waals surface area contributed by atoms with Crippen LogP contribution in [0.1, 0.15) is 44.1 Å². The van der Waals surface area contributed by atoms with E-state index in [4.69, 9.17) is 16.3 Å². The summed E-state index contributed by atoms with van der Waals surface area (Å²) < 4.78 is 34.8. The molecule has 1 aliphatic heterocycles. The first-order valence-electron chi connectivity index (χ1n) is 13.3. The largest absolute Gasteiger partial charge is 0.497 e. The fourth-order valence-electron chi connectivity index (χ4n) is 6.11. The number of methoxy groups -OCH3 is 1. The van der Waals surface area contributed by atoms with Crippen molar-refractivity contribution < 1.29 is 18.3 Å². The molecule has 2 atom stereocenters. The highest BCUT2D eigenvalue weighted by atomic mass is 35.5. The number of rotatable bonds is 7. The molecule has 0 amide bonds. The fourth-order valence-corrected chi connectivity index (χ4v) is 7.95. The number of likely N-dealkylation sites (tertiary alicyclic amines) is 1. The quantitative estimate of drug-likeness (QED) is 0.397. The molecule has 1 saturated heterocycles. The van der Waals surface area contributed by atoms with Gasteiger partial charge in [0.05, 0.1) is 17.7 Å². The zero-order valence-electron chi connectivity index (χ0n) is 21.7. The molecule has 0 aromatic heterocycles. The number of sulfonamides is 1. The second-order valence-electron chi connectivity index (χ2n) is 10.3. The van der Waals surface area contributed by atoms with Gasteiger partial charge in [-0.2, -0.15) is 0 Å². The van der Waals surface area contributed by atoms with E-state index in [1.165, 1.54) is 0 Å². The van der Waals surface area contributed by atoms with Crippen molar-refractivity contribution in [3.8, 4) is 5.75 Å². The minimum absolute atomic E-state index is 0.0155. The lowest BCUT2D eigenvalue weighted by atomic mass is 9.74. The summed E-state index contributed by atoms with van der Waals surface area (Å²) in [5, 5.41) is 12.4. The van der Waals surface area contributed by atoms with E-state index < -0.39 is 15.6 Å². The Morgan fingerprint density at radius 1 is 0.921 bits per heavy atom. The van der Waals surface area contributed by atoms with Crippen molar-refractivity contribution in [2.75, 3.05) is 24.5 Å². The maximum atomic E-state index is 14.0. The van der Waals surface area contributed by atoms with Gasteiger partial charge >= 0.3 is 0 Å². The smallest absolute Gasteiger partial charge is 0.264 e. The molecule has 0 spiro atoms. The third-order valence-electron chi connectivity index (χ3n) is 8.08. The average Bonchev–Trinajstić information content (AvgIpc) is 2.95. The fraction of sp³-hybridized carbons (Fsp3) is 0.400. The first-order valence-corrected chi connectivity index (χ1v) is 15.1. The van der Waals surface area contributed by atoms with Crippen LogP contribution in [0.5, 0.6) is 5.75 Å². The van der Waals surface area contributed by atoms with Crippen LogP contribution in [0.4, 0.5) is 5.69 Å². The molecule has 1 heterocycles. The minimum atomic E-state index is -3.83. The van der Waals surface area contributed by atoms with Crippen LogP contribution in [0.2, 0.25) is 5.02 Å². The molecule has 2 fully saturated rings. The lowest BCUT2D eigenvalue weighted by Gasteiger charge is -2.49. The molecular formula is C30H35ClN2O4S. The second kappa shape index (κ2) is 11.3. The molecule has 5 rings (SSSR count). The summed E-state index contributed by atoms with van der Waals surface area (Å²) in [6.45, 7) is 1.43. The van der Waals surface area contributed by atoms with E-state index in [9.17, 15) is 13.5 Å². The number of hydrogen-bond acceptors (Lipinski definition) is 5. The van der Waals surface area contributed by atoms with Crippen molar-refractivity contribution in [2.45, 2.75) is 61.1 Å². The van der Waals surface area contributed by atoms with Crippen molar-refractivity contribution in [3.05, 3.63) is 89.4 Å². The zero-order chi connectivity index (χ0) is 26.8. The predicted molar refractivity (Wildman–Crippen MR) is 151 cm³/mol. The third-order valence-corrected chi connectivity index (χ3v) is 10.2. The number of piperidine rings is 1. The van der Waals surface area contributed by atoms with Crippen molar-refractivity contribution in [1.29, 1.82) is 0 Å². The molecule has 1 aliphatic carbocycles. The lowest BCUT2D eigenvalue weighted by molar-refractivity contribution is -0.0849. The van der Waals surface area contributed by atoms with Crippen molar-refractivity contribution in [1.82, 2.24) is 4.90 Å². The summed E-state index contributed by atoms with van der Waals surface area (Å²) in [4.78, 5) is 2.60. The van der Waals surface area contributed by atoms with Crippen LogP contribution in [0.15, 0.2) is 83.8 Å². The Bertz CT molecular complexity index is 1310. The highest BCUT2D eigenvalue weighted by Gasteiger charge is 2.45. The normalized spacial score (nSPS) is 23.2. The summed E-state index contributed by atoms with van der Waals surface area (Å²) in [6.07, 6.45) is 5.09. The second-order valence-corrected chi connectivity index (χ2v) is 12.5. The number of ether oxygens (including phenoxy) is 1. The van der Waals surface area contributed by atoms with Gasteiger partial charge in [-0.05, 0) is 79.8 Å². The van der Waals surface area contributed by atoms with Crippen molar-refractivity contribution in [2.24, 2.45) is 0 Å². The number of anilines is 1. The number of nitrogens with zero attached hydrogens (tertiary/aromatic N) is 2. The van der Waals surface area contributed by atoms with E-state index in [1.807, 2.05) is 30.3 Å². The van der Waals surface area contributed by atoms with Gasteiger partial charge in [-0.1, -0.05) is 54.8 Å². The van der Waals surface area contributed by atoms with Gasteiger partial charge in [0.25, 0.3) is 10.0 Å².